The lowest BCUT2D eigenvalue weighted by molar-refractivity contribution is 0.584. The van der Waals surface area contributed by atoms with E-state index in [1.165, 1.54) is 5.56 Å². The number of aromatic nitrogens is 2. The van der Waals surface area contributed by atoms with Crippen LogP contribution in [0, 0.1) is 19.8 Å². The van der Waals surface area contributed by atoms with Crippen LogP contribution in [-0.2, 0) is 6.42 Å². The first-order valence-corrected chi connectivity index (χ1v) is 9.72. The summed E-state index contributed by atoms with van der Waals surface area (Å²) >= 11 is 4.07. The monoisotopic (exact) mass is 325 g/mol. The highest BCUT2D eigenvalue weighted by Gasteiger charge is 2.29. The van der Waals surface area contributed by atoms with E-state index in [0.29, 0.717) is 23.0 Å². The van der Waals surface area contributed by atoms with Gasteiger partial charge in [0.15, 0.2) is 0 Å². The van der Waals surface area contributed by atoms with E-state index in [9.17, 15) is 0 Å². The summed E-state index contributed by atoms with van der Waals surface area (Å²) in [5.74, 6) is 2.62. The molecule has 2 rings (SSSR count). The Labute approximate surface area is 137 Å². The summed E-state index contributed by atoms with van der Waals surface area (Å²) < 4.78 is 0. The zero-order valence-corrected chi connectivity index (χ0v) is 15.4. The van der Waals surface area contributed by atoms with Crippen LogP contribution in [0.15, 0.2) is 0 Å². The van der Waals surface area contributed by atoms with Crippen molar-refractivity contribution in [2.24, 2.45) is 11.7 Å². The predicted molar refractivity (Wildman–Crippen MR) is 95.1 cm³/mol. The molecule has 0 aromatic carbocycles. The van der Waals surface area contributed by atoms with Crippen LogP contribution in [0.4, 0.5) is 0 Å². The van der Waals surface area contributed by atoms with E-state index in [-0.39, 0.29) is 0 Å². The maximum Gasteiger partial charge on any atom is 0.142 e. The molecule has 2 heterocycles. The fourth-order valence-corrected chi connectivity index (χ4v) is 5.40. The Morgan fingerprint density at radius 3 is 2.33 bits per heavy atom. The van der Waals surface area contributed by atoms with Crippen molar-refractivity contribution in [2.45, 2.75) is 56.8 Å². The maximum atomic E-state index is 5.75. The molecule has 21 heavy (non-hydrogen) atoms. The molecule has 2 N–H and O–H groups in total. The molecule has 1 aliphatic heterocycles. The van der Waals surface area contributed by atoms with Gasteiger partial charge in [-0.15, -0.1) is 11.8 Å². The summed E-state index contributed by atoms with van der Waals surface area (Å²) in [6.07, 6.45) is 0.981. The molecule has 3 nitrogen and oxygen atoms in total. The third-order valence-electron chi connectivity index (χ3n) is 4.23. The third kappa shape index (κ3) is 4.14. The molecule has 1 aromatic heterocycles. The smallest absolute Gasteiger partial charge is 0.142 e. The SMILES string of the molecule is Cc1nc(C2CSC(C)C(C)S2)nc(C)c1CC(C)CN. The van der Waals surface area contributed by atoms with Gasteiger partial charge in [-0.2, -0.15) is 11.8 Å². The first-order valence-electron chi connectivity index (χ1n) is 7.73. The molecule has 0 aliphatic carbocycles. The topological polar surface area (TPSA) is 51.8 Å². The Morgan fingerprint density at radius 2 is 1.81 bits per heavy atom. The van der Waals surface area contributed by atoms with Gasteiger partial charge in [-0.05, 0) is 38.3 Å². The molecule has 118 valence electrons. The maximum absolute atomic E-state index is 5.75. The van der Waals surface area contributed by atoms with Crippen LogP contribution in [0.25, 0.3) is 0 Å². The summed E-state index contributed by atoms with van der Waals surface area (Å²) in [5, 5.41) is 1.81. The van der Waals surface area contributed by atoms with Crippen LogP contribution in [-0.4, -0.2) is 32.8 Å². The van der Waals surface area contributed by atoms with Crippen molar-refractivity contribution >= 4 is 23.5 Å². The van der Waals surface area contributed by atoms with Crippen molar-refractivity contribution in [1.29, 1.82) is 0 Å². The minimum Gasteiger partial charge on any atom is -0.330 e. The highest BCUT2D eigenvalue weighted by Crippen LogP contribution is 2.43. The van der Waals surface area contributed by atoms with Gasteiger partial charge in [-0.3, -0.25) is 0 Å². The quantitative estimate of drug-likeness (QED) is 0.918. The average molecular weight is 326 g/mol. The molecule has 0 saturated carbocycles. The van der Waals surface area contributed by atoms with Crippen LogP contribution in [0.5, 0.6) is 0 Å². The number of thioether (sulfide) groups is 2. The number of rotatable bonds is 4. The second-order valence-corrected chi connectivity index (χ2v) is 9.14. The van der Waals surface area contributed by atoms with E-state index >= 15 is 0 Å². The van der Waals surface area contributed by atoms with Crippen LogP contribution in [0.1, 0.15) is 48.8 Å². The van der Waals surface area contributed by atoms with Crippen molar-refractivity contribution in [3.8, 4) is 0 Å². The largest absolute Gasteiger partial charge is 0.330 e. The van der Waals surface area contributed by atoms with E-state index in [4.69, 9.17) is 15.7 Å². The summed E-state index contributed by atoms with van der Waals surface area (Å²) in [4.78, 5) is 9.64. The van der Waals surface area contributed by atoms with E-state index in [1.807, 2.05) is 23.5 Å². The summed E-state index contributed by atoms with van der Waals surface area (Å²) in [5.41, 5.74) is 9.30. The van der Waals surface area contributed by atoms with Crippen molar-refractivity contribution in [1.82, 2.24) is 9.97 Å². The molecule has 1 fully saturated rings. The zero-order chi connectivity index (χ0) is 15.6. The number of nitrogens with two attached hydrogens (primary N) is 1. The average Bonchev–Trinajstić information content (AvgIpc) is 2.45. The fourth-order valence-electron chi connectivity index (χ4n) is 2.56. The molecule has 0 spiro atoms. The fraction of sp³-hybridized carbons (Fsp3) is 0.750. The van der Waals surface area contributed by atoms with Gasteiger partial charge in [0.25, 0.3) is 0 Å². The summed E-state index contributed by atoms with van der Waals surface area (Å²) in [6.45, 7) is 11.8. The van der Waals surface area contributed by atoms with Crippen molar-refractivity contribution in [2.75, 3.05) is 12.3 Å². The lowest BCUT2D eigenvalue weighted by Crippen LogP contribution is -2.23. The van der Waals surface area contributed by atoms with Crippen LogP contribution in [0.3, 0.4) is 0 Å². The molecule has 0 amide bonds. The zero-order valence-electron chi connectivity index (χ0n) is 13.7. The summed E-state index contributed by atoms with van der Waals surface area (Å²) in [7, 11) is 0. The number of aryl methyl sites for hydroxylation is 2. The first-order chi connectivity index (χ1) is 9.92. The van der Waals surface area contributed by atoms with Gasteiger partial charge in [0.2, 0.25) is 0 Å². The van der Waals surface area contributed by atoms with E-state index < -0.39 is 0 Å². The van der Waals surface area contributed by atoms with E-state index in [1.54, 1.807) is 0 Å². The minimum atomic E-state index is 0.430. The van der Waals surface area contributed by atoms with Crippen molar-refractivity contribution < 1.29 is 0 Å². The molecule has 0 bridgehead atoms. The highest BCUT2D eigenvalue weighted by atomic mass is 32.2. The van der Waals surface area contributed by atoms with Gasteiger partial charge in [0.05, 0.1) is 5.25 Å². The first kappa shape index (κ1) is 17.1. The number of hydrogen-bond donors (Lipinski definition) is 1. The molecular formula is C16H27N3S2. The second kappa shape index (κ2) is 7.34. The molecule has 1 aliphatic rings. The van der Waals surface area contributed by atoms with Gasteiger partial charge in [0.1, 0.15) is 5.82 Å². The Hall–Kier alpha value is -0.260. The Bertz CT molecular complexity index is 469. The molecule has 0 radical (unpaired) electrons. The van der Waals surface area contributed by atoms with Gasteiger partial charge in [0, 0.05) is 27.6 Å². The molecule has 1 aromatic rings. The highest BCUT2D eigenvalue weighted by molar-refractivity contribution is 8.07. The van der Waals surface area contributed by atoms with E-state index in [2.05, 4.69) is 34.6 Å². The van der Waals surface area contributed by atoms with Gasteiger partial charge in [-0.25, -0.2) is 9.97 Å². The second-order valence-electron chi connectivity index (χ2n) is 6.14. The van der Waals surface area contributed by atoms with Gasteiger partial charge in [-0.1, -0.05) is 20.8 Å². The standard InChI is InChI=1S/C16H27N3S2/c1-9(7-17)6-14-10(2)18-16(19-11(14)3)15-8-20-12(4)13(5)21-15/h9,12-13,15H,6-8,17H2,1-5H3. The van der Waals surface area contributed by atoms with Crippen molar-refractivity contribution in [3.63, 3.8) is 0 Å². The third-order valence-corrected chi connectivity index (χ3v) is 7.62. The lowest BCUT2D eigenvalue weighted by Gasteiger charge is -2.30. The van der Waals surface area contributed by atoms with Crippen LogP contribution < -0.4 is 5.73 Å². The minimum absolute atomic E-state index is 0.430. The lowest BCUT2D eigenvalue weighted by atomic mass is 9.99. The Kier molecular flexibility index (Phi) is 5.97. The van der Waals surface area contributed by atoms with Crippen molar-refractivity contribution in [3.05, 3.63) is 22.8 Å². The molecule has 4 atom stereocenters. The molecule has 1 saturated heterocycles. The van der Waals surface area contributed by atoms with Crippen LogP contribution in [0.2, 0.25) is 0 Å². The number of nitrogens with zero attached hydrogens (tertiary/aromatic N) is 2. The van der Waals surface area contributed by atoms with Gasteiger partial charge < -0.3 is 5.73 Å². The number of hydrogen-bond acceptors (Lipinski definition) is 5. The summed E-state index contributed by atoms with van der Waals surface area (Å²) in [6, 6.07) is 0. The van der Waals surface area contributed by atoms with Crippen LogP contribution >= 0.6 is 23.5 Å². The molecular weight excluding hydrogens is 298 g/mol. The molecule has 5 heteroatoms. The Morgan fingerprint density at radius 1 is 1.19 bits per heavy atom. The predicted octanol–water partition coefficient (Wildman–Crippen LogP) is 3.53. The Balaban J connectivity index is 2.19. The van der Waals surface area contributed by atoms with E-state index in [0.717, 1.165) is 34.6 Å². The molecule has 4 unspecified atom stereocenters. The van der Waals surface area contributed by atoms with Gasteiger partial charge >= 0.3 is 0 Å². The normalized spacial score (nSPS) is 27.6.